The normalized spacial score (nSPS) is 11.6. The van der Waals surface area contributed by atoms with Gasteiger partial charge in [-0.25, -0.2) is 4.98 Å². The van der Waals surface area contributed by atoms with E-state index in [1.165, 1.54) is 21.9 Å². The van der Waals surface area contributed by atoms with Gasteiger partial charge in [-0.05, 0) is 30.5 Å². The zero-order valence-electron chi connectivity index (χ0n) is 16.1. The van der Waals surface area contributed by atoms with Crippen LogP contribution in [0.15, 0.2) is 97.2 Å². The quantitative estimate of drug-likeness (QED) is 0.344. The molecule has 0 fully saturated rings. The van der Waals surface area contributed by atoms with Gasteiger partial charge in [0.05, 0.1) is 16.7 Å². The molecule has 0 bridgehead atoms. The minimum Gasteiger partial charge on any atom is -0.283 e. The molecule has 6 aromatic rings. The average Bonchev–Trinajstić information content (AvgIpc) is 3.31. The second kappa shape index (κ2) is 6.08. The van der Waals surface area contributed by atoms with E-state index in [0.717, 1.165) is 28.2 Å². The molecule has 0 aliphatic heterocycles. The Morgan fingerprint density at radius 3 is 2.31 bits per heavy atom. The number of hydrogen-bond donors (Lipinski definition) is 0. The van der Waals surface area contributed by atoms with Crippen molar-refractivity contribution >= 4 is 27.6 Å². The third-order valence-corrected chi connectivity index (χ3v) is 5.62. The first-order chi connectivity index (χ1) is 14.3. The van der Waals surface area contributed by atoms with Crippen molar-refractivity contribution in [1.29, 1.82) is 0 Å². The summed E-state index contributed by atoms with van der Waals surface area (Å²) in [6.45, 7) is 2.11. The minimum atomic E-state index is 0.930. The number of nitrogens with zero attached hydrogens (tertiary/aromatic N) is 3. The Morgan fingerprint density at radius 2 is 1.48 bits per heavy atom. The fraction of sp³-hybridized carbons (Fsp3) is 0.0385. The van der Waals surface area contributed by atoms with Crippen LogP contribution < -0.4 is 0 Å². The summed E-state index contributed by atoms with van der Waals surface area (Å²) in [5.74, 6) is 0.930. The molecule has 4 aromatic carbocycles. The first kappa shape index (κ1) is 16.1. The molecule has 2 heterocycles. The summed E-state index contributed by atoms with van der Waals surface area (Å²) in [6.07, 6.45) is 2.20. The predicted octanol–water partition coefficient (Wildman–Crippen LogP) is 6.41. The van der Waals surface area contributed by atoms with Gasteiger partial charge in [0, 0.05) is 22.8 Å². The maximum absolute atomic E-state index is 5.11. The Hall–Kier alpha value is -3.85. The summed E-state index contributed by atoms with van der Waals surface area (Å²) in [4.78, 5) is 5.11. The Bertz CT molecular complexity index is 1490. The molecular formula is C26H19N3. The smallest absolute Gasteiger partial charge is 0.220 e. The first-order valence-corrected chi connectivity index (χ1v) is 9.83. The number of aryl methyl sites for hydroxylation is 1. The largest absolute Gasteiger partial charge is 0.283 e. The van der Waals surface area contributed by atoms with Crippen molar-refractivity contribution in [1.82, 2.24) is 14.0 Å². The van der Waals surface area contributed by atoms with E-state index in [0.29, 0.717) is 0 Å². The standard InChI is InChI=1S/C26H19N3/c1-18-11-14-21(15-12-18)29-24(20-8-3-2-4-9-20)17-28-23-16-13-19-7-5-6-10-22(19)25(23)27-26(28)29/h2-17H,1H3. The third-order valence-electron chi connectivity index (χ3n) is 5.62. The fourth-order valence-electron chi connectivity index (χ4n) is 4.15. The van der Waals surface area contributed by atoms with E-state index < -0.39 is 0 Å². The fourth-order valence-corrected chi connectivity index (χ4v) is 4.15. The van der Waals surface area contributed by atoms with Crippen LogP contribution in [-0.2, 0) is 0 Å². The highest BCUT2D eigenvalue weighted by Gasteiger charge is 2.17. The van der Waals surface area contributed by atoms with Gasteiger partial charge in [-0.3, -0.25) is 8.97 Å². The molecule has 2 aromatic heterocycles. The molecule has 0 saturated heterocycles. The van der Waals surface area contributed by atoms with Crippen LogP contribution >= 0.6 is 0 Å². The molecule has 0 atom stereocenters. The second-order valence-electron chi connectivity index (χ2n) is 7.49. The van der Waals surface area contributed by atoms with Crippen LogP contribution in [-0.4, -0.2) is 14.0 Å². The van der Waals surface area contributed by atoms with Gasteiger partial charge in [0.2, 0.25) is 5.78 Å². The van der Waals surface area contributed by atoms with E-state index in [1.54, 1.807) is 0 Å². The number of fused-ring (bicyclic) bond motifs is 5. The molecule has 0 N–H and O–H groups in total. The summed E-state index contributed by atoms with van der Waals surface area (Å²) in [7, 11) is 0. The van der Waals surface area contributed by atoms with Crippen molar-refractivity contribution in [3.05, 3.63) is 103 Å². The Balaban J connectivity index is 1.75. The second-order valence-corrected chi connectivity index (χ2v) is 7.49. The molecule has 29 heavy (non-hydrogen) atoms. The monoisotopic (exact) mass is 373 g/mol. The van der Waals surface area contributed by atoms with Gasteiger partial charge in [-0.15, -0.1) is 0 Å². The highest BCUT2D eigenvalue weighted by molar-refractivity contribution is 6.05. The lowest BCUT2D eigenvalue weighted by molar-refractivity contribution is 1.08. The molecule has 0 amide bonds. The summed E-state index contributed by atoms with van der Waals surface area (Å²) in [5.41, 5.74) is 6.83. The average molecular weight is 373 g/mol. The van der Waals surface area contributed by atoms with E-state index in [9.17, 15) is 0 Å². The summed E-state index contributed by atoms with van der Waals surface area (Å²) >= 11 is 0. The van der Waals surface area contributed by atoms with E-state index >= 15 is 0 Å². The van der Waals surface area contributed by atoms with Crippen LogP contribution in [0.3, 0.4) is 0 Å². The van der Waals surface area contributed by atoms with Gasteiger partial charge in [0.15, 0.2) is 0 Å². The molecule has 0 spiro atoms. The van der Waals surface area contributed by atoms with Crippen molar-refractivity contribution in [2.75, 3.05) is 0 Å². The van der Waals surface area contributed by atoms with Gasteiger partial charge < -0.3 is 0 Å². The van der Waals surface area contributed by atoms with Crippen molar-refractivity contribution in [2.24, 2.45) is 0 Å². The van der Waals surface area contributed by atoms with E-state index in [4.69, 9.17) is 4.98 Å². The lowest BCUT2D eigenvalue weighted by atomic mass is 10.1. The van der Waals surface area contributed by atoms with Gasteiger partial charge in [-0.1, -0.05) is 78.4 Å². The number of aromatic nitrogens is 3. The first-order valence-electron chi connectivity index (χ1n) is 9.83. The van der Waals surface area contributed by atoms with Crippen molar-refractivity contribution in [3.63, 3.8) is 0 Å². The maximum Gasteiger partial charge on any atom is 0.220 e. The zero-order chi connectivity index (χ0) is 19.4. The van der Waals surface area contributed by atoms with Crippen molar-refractivity contribution in [3.8, 4) is 16.9 Å². The SMILES string of the molecule is Cc1ccc(-n2c(-c3ccccc3)cn3c4ccc5ccccc5c4nc23)cc1. The molecule has 0 aliphatic rings. The Labute approximate surface area is 168 Å². The summed E-state index contributed by atoms with van der Waals surface area (Å²) in [6, 6.07) is 31.9. The lowest BCUT2D eigenvalue weighted by Crippen LogP contribution is -1.97. The maximum atomic E-state index is 5.11. The number of rotatable bonds is 2. The summed E-state index contributed by atoms with van der Waals surface area (Å²) < 4.78 is 4.47. The van der Waals surface area contributed by atoms with Crippen molar-refractivity contribution < 1.29 is 0 Å². The van der Waals surface area contributed by atoms with Gasteiger partial charge >= 0.3 is 0 Å². The van der Waals surface area contributed by atoms with E-state index in [2.05, 4.69) is 113 Å². The van der Waals surface area contributed by atoms with Gasteiger partial charge in [-0.2, -0.15) is 0 Å². The highest BCUT2D eigenvalue weighted by atomic mass is 15.2. The predicted molar refractivity (Wildman–Crippen MR) is 120 cm³/mol. The zero-order valence-corrected chi connectivity index (χ0v) is 16.1. The molecule has 0 saturated carbocycles. The Kier molecular flexibility index (Phi) is 3.38. The van der Waals surface area contributed by atoms with Crippen LogP contribution in [0.25, 0.3) is 44.5 Å². The summed E-state index contributed by atoms with van der Waals surface area (Å²) in [5, 5.41) is 2.40. The molecule has 3 nitrogen and oxygen atoms in total. The highest BCUT2D eigenvalue weighted by Crippen LogP contribution is 2.32. The van der Waals surface area contributed by atoms with Crippen LogP contribution in [0.5, 0.6) is 0 Å². The molecule has 0 aliphatic carbocycles. The van der Waals surface area contributed by atoms with Crippen LogP contribution in [0, 0.1) is 6.92 Å². The van der Waals surface area contributed by atoms with Gasteiger partial charge in [0.25, 0.3) is 0 Å². The van der Waals surface area contributed by atoms with Crippen LogP contribution in [0.2, 0.25) is 0 Å². The molecule has 0 unspecified atom stereocenters. The number of hydrogen-bond acceptors (Lipinski definition) is 1. The lowest BCUT2D eigenvalue weighted by Gasteiger charge is -2.09. The molecule has 6 rings (SSSR count). The van der Waals surface area contributed by atoms with Crippen molar-refractivity contribution in [2.45, 2.75) is 6.92 Å². The third kappa shape index (κ3) is 2.41. The van der Waals surface area contributed by atoms with E-state index in [-0.39, 0.29) is 0 Å². The molecular weight excluding hydrogens is 354 g/mol. The number of imidazole rings is 2. The number of benzene rings is 4. The van der Waals surface area contributed by atoms with Gasteiger partial charge in [0.1, 0.15) is 0 Å². The molecule has 0 radical (unpaired) electrons. The topological polar surface area (TPSA) is 22.2 Å². The Morgan fingerprint density at radius 1 is 0.724 bits per heavy atom. The van der Waals surface area contributed by atoms with Crippen LogP contribution in [0.4, 0.5) is 0 Å². The minimum absolute atomic E-state index is 0.930. The van der Waals surface area contributed by atoms with E-state index in [1.807, 2.05) is 0 Å². The van der Waals surface area contributed by atoms with Crippen LogP contribution in [0.1, 0.15) is 5.56 Å². The molecule has 3 heteroatoms. The molecule has 138 valence electrons.